The van der Waals surface area contributed by atoms with Crippen LogP contribution in [0.4, 0.5) is 5.69 Å². The normalized spacial score (nSPS) is 11.2. The fourth-order valence-electron chi connectivity index (χ4n) is 4.36. The van der Waals surface area contributed by atoms with Gasteiger partial charge in [-0.1, -0.05) is 12.1 Å². The van der Waals surface area contributed by atoms with E-state index >= 15 is 0 Å². The molecule has 2 aromatic heterocycles. The van der Waals surface area contributed by atoms with Crippen molar-refractivity contribution in [1.82, 2.24) is 14.5 Å². The van der Waals surface area contributed by atoms with E-state index in [1.54, 1.807) is 19.3 Å². The molecule has 2 heterocycles. The highest BCUT2D eigenvalue weighted by atomic mass is 16.5. The molecule has 4 aromatic rings. The van der Waals surface area contributed by atoms with Crippen LogP contribution in [0.25, 0.3) is 22.0 Å². The molecule has 2 amide bonds. The van der Waals surface area contributed by atoms with Crippen LogP contribution in [-0.2, 0) is 11.8 Å². The Labute approximate surface area is 221 Å². The second kappa shape index (κ2) is 10.9. The van der Waals surface area contributed by atoms with Gasteiger partial charge in [-0.3, -0.25) is 14.4 Å². The molecule has 4 rings (SSSR count). The Bertz CT molecular complexity index is 1580. The molecule has 0 saturated heterocycles. The summed E-state index contributed by atoms with van der Waals surface area (Å²) in [6.07, 6.45) is 2.95. The van der Waals surface area contributed by atoms with Gasteiger partial charge in [-0.2, -0.15) is 0 Å². The molecular weight excluding hydrogens is 482 g/mol. The van der Waals surface area contributed by atoms with Gasteiger partial charge in [0.05, 0.1) is 0 Å². The fourth-order valence-corrected chi connectivity index (χ4v) is 4.36. The number of carbonyl (C=O) groups excluding carboxylic acids is 2. The first kappa shape index (κ1) is 26.7. The number of aryl methyl sites for hydroxylation is 3. The number of H-pyrrole nitrogens is 1. The maximum Gasteiger partial charge on any atom is 0.274 e. The number of aromatic nitrogens is 2. The van der Waals surface area contributed by atoms with Gasteiger partial charge in [0, 0.05) is 42.4 Å². The van der Waals surface area contributed by atoms with Gasteiger partial charge >= 0.3 is 0 Å². The van der Waals surface area contributed by atoms with Crippen LogP contribution < -0.4 is 21.3 Å². The molecule has 0 aliphatic heterocycles. The van der Waals surface area contributed by atoms with E-state index in [4.69, 9.17) is 10.5 Å². The number of rotatable bonds is 9. The van der Waals surface area contributed by atoms with Crippen LogP contribution in [0.5, 0.6) is 11.5 Å². The Morgan fingerprint density at radius 2 is 1.84 bits per heavy atom. The van der Waals surface area contributed by atoms with Gasteiger partial charge in [-0.15, -0.1) is 0 Å². The number of ether oxygens (including phenoxy) is 1. The predicted octanol–water partition coefficient (Wildman–Crippen LogP) is 4.32. The van der Waals surface area contributed by atoms with Crippen molar-refractivity contribution in [3.05, 3.63) is 75.8 Å². The summed E-state index contributed by atoms with van der Waals surface area (Å²) in [7, 11) is 5.63. The third-order valence-electron chi connectivity index (χ3n) is 6.32. The van der Waals surface area contributed by atoms with E-state index in [9.17, 15) is 14.4 Å². The summed E-state index contributed by atoms with van der Waals surface area (Å²) >= 11 is 0. The summed E-state index contributed by atoms with van der Waals surface area (Å²) in [4.78, 5) is 41.8. The van der Waals surface area contributed by atoms with Gasteiger partial charge in [0.25, 0.3) is 11.5 Å². The molecule has 0 radical (unpaired) electrons. The smallest absolute Gasteiger partial charge is 0.274 e. The summed E-state index contributed by atoms with van der Waals surface area (Å²) in [5.74, 6) is 0.506. The zero-order valence-electron chi connectivity index (χ0n) is 22.3. The second-order valence-corrected chi connectivity index (χ2v) is 9.86. The molecule has 0 fully saturated rings. The van der Waals surface area contributed by atoms with Crippen molar-refractivity contribution in [2.24, 2.45) is 12.8 Å². The van der Waals surface area contributed by atoms with E-state index in [-0.39, 0.29) is 17.2 Å². The zero-order chi connectivity index (χ0) is 27.6. The Morgan fingerprint density at radius 1 is 1.08 bits per heavy atom. The third-order valence-corrected chi connectivity index (χ3v) is 6.32. The molecule has 0 saturated carbocycles. The largest absolute Gasteiger partial charge is 0.457 e. The molecule has 0 spiro atoms. The number of hydrogen-bond acceptors (Lipinski definition) is 5. The molecule has 0 bridgehead atoms. The molecule has 0 unspecified atom stereocenters. The van der Waals surface area contributed by atoms with E-state index in [0.29, 0.717) is 34.5 Å². The molecule has 0 aliphatic carbocycles. The average Bonchev–Trinajstić information content (AvgIpc) is 3.29. The van der Waals surface area contributed by atoms with Crippen molar-refractivity contribution in [1.29, 1.82) is 0 Å². The van der Waals surface area contributed by atoms with Crippen molar-refractivity contribution in [3.8, 4) is 22.6 Å². The number of aromatic amines is 1. The highest BCUT2D eigenvalue weighted by Crippen LogP contribution is 2.34. The van der Waals surface area contributed by atoms with Gasteiger partial charge in [-0.25, -0.2) is 0 Å². The lowest BCUT2D eigenvalue weighted by Crippen LogP contribution is -2.17. The molecular formula is C29H33N5O4. The maximum atomic E-state index is 12.7. The van der Waals surface area contributed by atoms with Gasteiger partial charge in [0.15, 0.2) is 0 Å². The Morgan fingerprint density at radius 3 is 2.55 bits per heavy atom. The van der Waals surface area contributed by atoms with Crippen LogP contribution >= 0.6 is 0 Å². The maximum absolute atomic E-state index is 12.7. The quantitative estimate of drug-likeness (QED) is 0.306. The molecule has 198 valence electrons. The number of hydrogen-bond donors (Lipinski definition) is 3. The van der Waals surface area contributed by atoms with E-state index in [1.807, 2.05) is 64.3 Å². The van der Waals surface area contributed by atoms with Gasteiger partial charge in [-0.05, 0) is 81.9 Å². The Hall–Kier alpha value is -4.37. The highest BCUT2D eigenvalue weighted by Gasteiger charge is 2.16. The number of primary amides is 1. The fraction of sp³-hybridized carbons (Fsp3) is 0.276. The minimum atomic E-state index is -0.637. The minimum Gasteiger partial charge on any atom is -0.457 e. The minimum absolute atomic E-state index is 0.0366. The number of amides is 2. The van der Waals surface area contributed by atoms with Gasteiger partial charge in [0.2, 0.25) is 5.91 Å². The standard InChI is InChI=1S/C29H33N5O4/c1-17-11-19(23-16-34(5)29(37)27-22(23)15-25(32-27)28(30)36)13-21(12-17)38-20-9-8-18(2)24(14-20)31-26(35)7-6-10-33(3)4/h8-9,11-16,32H,6-7,10H2,1-5H3,(H2,30,36)(H,31,35). The first-order valence-electron chi connectivity index (χ1n) is 12.4. The summed E-state index contributed by atoms with van der Waals surface area (Å²) in [6.45, 7) is 4.74. The lowest BCUT2D eigenvalue weighted by Gasteiger charge is -2.14. The van der Waals surface area contributed by atoms with Crippen molar-refractivity contribution < 1.29 is 14.3 Å². The molecule has 38 heavy (non-hydrogen) atoms. The van der Waals surface area contributed by atoms with Gasteiger partial charge < -0.3 is 30.2 Å². The third kappa shape index (κ3) is 5.95. The van der Waals surface area contributed by atoms with Crippen molar-refractivity contribution >= 4 is 28.4 Å². The van der Waals surface area contributed by atoms with Gasteiger partial charge in [0.1, 0.15) is 22.7 Å². The number of nitrogens with zero attached hydrogens (tertiary/aromatic N) is 2. The van der Waals surface area contributed by atoms with Crippen molar-refractivity contribution in [3.63, 3.8) is 0 Å². The van der Waals surface area contributed by atoms with E-state index in [2.05, 4.69) is 15.2 Å². The van der Waals surface area contributed by atoms with Crippen LogP contribution in [0.15, 0.2) is 53.5 Å². The lowest BCUT2D eigenvalue weighted by atomic mass is 10.0. The second-order valence-electron chi connectivity index (χ2n) is 9.86. The van der Waals surface area contributed by atoms with E-state index in [0.717, 1.165) is 35.2 Å². The van der Waals surface area contributed by atoms with E-state index < -0.39 is 5.91 Å². The van der Waals surface area contributed by atoms with E-state index in [1.165, 1.54) is 4.57 Å². The summed E-state index contributed by atoms with van der Waals surface area (Å²) in [5, 5.41) is 3.60. The van der Waals surface area contributed by atoms with Crippen LogP contribution in [0, 0.1) is 13.8 Å². The molecule has 4 N–H and O–H groups in total. The summed E-state index contributed by atoms with van der Waals surface area (Å²) < 4.78 is 7.68. The summed E-state index contributed by atoms with van der Waals surface area (Å²) in [6, 6.07) is 13.0. The average molecular weight is 516 g/mol. The monoisotopic (exact) mass is 515 g/mol. The molecule has 2 aromatic carbocycles. The first-order chi connectivity index (χ1) is 18.0. The Balaban J connectivity index is 1.64. The number of benzene rings is 2. The predicted molar refractivity (Wildman–Crippen MR) is 150 cm³/mol. The topological polar surface area (TPSA) is 122 Å². The molecule has 0 atom stereocenters. The number of anilines is 1. The summed E-state index contributed by atoms with van der Waals surface area (Å²) in [5.41, 5.74) is 9.85. The highest BCUT2D eigenvalue weighted by molar-refractivity contribution is 6.02. The number of carbonyl (C=O) groups is 2. The lowest BCUT2D eigenvalue weighted by molar-refractivity contribution is -0.116. The van der Waals surface area contributed by atoms with Crippen LogP contribution in [0.3, 0.4) is 0 Å². The molecule has 9 heteroatoms. The molecule has 9 nitrogen and oxygen atoms in total. The first-order valence-corrected chi connectivity index (χ1v) is 12.4. The van der Waals surface area contributed by atoms with Crippen molar-refractivity contribution in [2.75, 3.05) is 26.0 Å². The Kier molecular flexibility index (Phi) is 7.68. The zero-order valence-corrected chi connectivity index (χ0v) is 22.3. The number of nitrogens with two attached hydrogens (primary N) is 1. The number of nitrogens with one attached hydrogen (secondary N) is 2. The molecule has 0 aliphatic rings. The van der Waals surface area contributed by atoms with Crippen LogP contribution in [0.2, 0.25) is 0 Å². The van der Waals surface area contributed by atoms with Crippen LogP contribution in [0.1, 0.15) is 34.5 Å². The number of fused-ring (bicyclic) bond motifs is 1. The van der Waals surface area contributed by atoms with Crippen molar-refractivity contribution in [2.45, 2.75) is 26.7 Å². The SMILES string of the molecule is Cc1cc(Oc2ccc(C)c(NC(=O)CCCN(C)C)c2)cc(-c2cn(C)c(=O)c3[nH]c(C(N)=O)cc23)c1. The van der Waals surface area contributed by atoms with Crippen LogP contribution in [-0.4, -0.2) is 46.9 Å². The number of pyridine rings is 1.